The van der Waals surface area contributed by atoms with E-state index in [2.05, 4.69) is 5.32 Å². The zero-order valence-corrected chi connectivity index (χ0v) is 10.7. The summed E-state index contributed by atoms with van der Waals surface area (Å²) in [7, 11) is 0. The molecule has 0 aliphatic rings. The third-order valence-electron chi connectivity index (χ3n) is 2.23. The Morgan fingerprint density at radius 2 is 2.00 bits per heavy atom. The van der Waals surface area contributed by atoms with Gasteiger partial charge < -0.3 is 5.32 Å². The van der Waals surface area contributed by atoms with Gasteiger partial charge in [-0.3, -0.25) is 4.79 Å². The summed E-state index contributed by atoms with van der Waals surface area (Å²) >= 11 is 11.7. The first-order valence-electron chi connectivity index (χ1n) is 5.23. The fraction of sp³-hybridized carbons (Fsp3) is 0.417. The van der Waals surface area contributed by atoms with Crippen LogP contribution in [0.2, 0.25) is 10.0 Å². The first kappa shape index (κ1) is 13.5. The van der Waals surface area contributed by atoms with Crippen molar-refractivity contribution in [2.45, 2.75) is 19.8 Å². The minimum atomic E-state index is 0.210. The topological polar surface area (TPSA) is 29.1 Å². The highest BCUT2D eigenvalue weighted by Crippen LogP contribution is 2.22. The molecule has 0 aliphatic heterocycles. The third-order valence-corrected chi connectivity index (χ3v) is 2.97. The molecule has 0 amide bonds. The van der Waals surface area contributed by atoms with Crippen LogP contribution in [0.5, 0.6) is 0 Å². The molecule has 2 nitrogen and oxygen atoms in total. The highest BCUT2D eigenvalue weighted by atomic mass is 35.5. The molecule has 0 saturated heterocycles. The summed E-state index contributed by atoms with van der Waals surface area (Å²) in [4.78, 5) is 10.7. The fourth-order valence-corrected chi connectivity index (χ4v) is 1.64. The normalized spacial score (nSPS) is 10.4. The molecule has 1 rings (SSSR count). The molecule has 0 heterocycles. The van der Waals surface area contributed by atoms with Gasteiger partial charge in [-0.25, -0.2) is 0 Å². The molecular formula is C12H15Cl2NO. The van der Waals surface area contributed by atoms with Crippen LogP contribution in [0.15, 0.2) is 18.2 Å². The zero-order valence-electron chi connectivity index (χ0n) is 9.22. The lowest BCUT2D eigenvalue weighted by Gasteiger charge is -2.04. The maximum absolute atomic E-state index is 10.7. The number of hydrogen-bond donors (Lipinski definition) is 1. The Morgan fingerprint density at radius 3 is 2.62 bits per heavy atom. The Hall–Kier alpha value is -0.570. The molecule has 16 heavy (non-hydrogen) atoms. The molecule has 0 bridgehead atoms. The van der Waals surface area contributed by atoms with Crippen LogP contribution in [0.4, 0.5) is 0 Å². The monoisotopic (exact) mass is 259 g/mol. The van der Waals surface area contributed by atoms with Crippen molar-refractivity contribution in [3.05, 3.63) is 33.8 Å². The SMILES string of the molecule is CC(=O)CCNCCc1ccc(Cl)c(Cl)c1. The van der Waals surface area contributed by atoms with Crippen LogP contribution in [0.25, 0.3) is 0 Å². The van der Waals surface area contributed by atoms with Crippen molar-refractivity contribution in [2.75, 3.05) is 13.1 Å². The number of nitrogens with one attached hydrogen (secondary N) is 1. The molecule has 0 aromatic heterocycles. The van der Waals surface area contributed by atoms with Crippen molar-refractivity contribution >= 4 is 29.0 Å². The molecule has 0 aliphatic carbocycles. The van der Waals surface area contributed by atoms with Crippen molar-refractivity contribution in [1.29, 1.82) is 0 Å². The van der Waals surface area contributed by atoms with E-state index in [1.54, 1.807) is 13.0 Å². The van der Waals surface area contributed by atoms with Crippen LogP contribution < -0.4 is 5.32 Å². The van der Waals surface area contributed by atoms with Crippen molar-refractivity contribution in [2.24, 2.45) is 0 Å². The van der Waals surface area contributed by atoms with Crippen molar-refractivity contribution in [3.8, 4) is 0 Å². The number of benzene rings is 1. The Kier molecular flexibility index (Phi) is 5.81. The van der Waals surface area contributed by atoms with Crippen molar-refractivity contribution in [3.63, 3.8) is 0 Å². The van der Waals surface area contributed by atoms with E-state index in [0.29, 0.717) is 16.5 Å². The van der Waals surface area contributed by atoms with E-state index in [9.17, 15) is 4.79 Å². The molecule has 0 saturated carbocycles. The molecule has 0 spiro atoms. The second-order valence-corrected chi connectivity index (χ2v) is 4.51. The summed E-state index contributed by atoms with van der Waals surface area (Å²) < 4.78 is 0. The zero-order chi connectivity index (χ0) is 12.0. The van der Waals surface area contributed by atoms with Crippen LogP contribution in [-0.4, -0.2) is 18.9 Å². The van der Waals surface area contributed by atoms with Crippen LogP contribution in [-0.2, 0) is 11.2 Å². The second-order valence-electron chi connectivity index (χ2n) is 3.70. The maximum atomic E-state index is 10.7. The van der Waals surface area contributed by atoms with E-state index >= 15 is 0 Å². The summed E-state index contributed by atoms with van der Waals surface area (Å²) in [5.74, 6) is 0.210. The van der Waals surface area contributed by atoms with Gasteiger partial charge in [0, 0.05) is 13.0 Å². The van der Waals surface area contributed by atoms with Gasteiger partial charge in [0.1, 0.15) is 5.78 Å². The average molecular weight is 260 g/mol. The average Bonchev–Trinajstić information content (AvgIpc) is 2.22. The van der Waals surface area contributed by atoms with E-state index in [1.165, 1.54) is 0 Å². The van der Waals surface area contributed by atoms with Crippen LogP contribution in [0.3, 0.4) is 0 Å². The van der Waals surface area contributed by atoms with Gasteiger partial charge in [0.25, 0.3) is 0 Å². The quantitative estimate of drug-likeness (QED) is 0.796. The minimum absolute atomic E-state index is 0.210. The standard InChI is InChI=1S/C12H15Cl2NO/c1-9(16)4-6-15-7-5-10-2-3-11(13)12(14)8-10/h2-3,8,15H,4-7H2,1H3. The molecule has 0 fully saturated rings. The minimum Gasteiger partial charge on any atom is -0.316 e. The molecule has 1 N–H and O–H groups in total. The first-order chi connectivity index (χ1) is 7.59. The lowest BCUT2D eigenvalue weighted by molar-refractivity contribution is -0.116. The fourth-order valence-electron chi connectivity index (χ4n) is 1.32. The van der Waals surface area contributed by atoms with E-state index in [0.717, 1.165) is 25.1 Å². The number of hydrogen-bond acceptors (Lipinski definition) is 2. The van der Waals surface area contributed by atoms with Crippen LogP contribution in [0, 0.1) is 0 Å². The third kappa shape index (κ3) is 4.97. The molecule has 1 aromatic carbocycles. The Balaban J connectivity index is 2.27. The number of rotatable bonds is 6. The Labute approximate surface area is 106 Å². The molecule has 4 heteroatoms. The largest absolute Gasteiger partial charge is 0.316 e. The lowest BCUT2D eigenvalue weighted by Crippen LogP contribution is -2.20. The Bertz CT molecular complexity index is 366. The van der Waals surface area contributed by atoms with E-state index in [1.807, 2.05) is 12.1 Å². The summed E-state index contributed by atoms with van der Waals surface area (Å²) in [5.41, 5.74) is 1.14. The maximum Gasteiger partial charge on any atom is 0.131 e. The lowest BCUT2D eigenvalue weighted by atomic mass is 10.1. The summed E-state index contributed by atoms with van der Waals surface area (Å²) in [6.07, 6.45) is 1.47. The molecule has 0 atom stereocenters. The van der Waals surface area contributed by atoms with Crippen LogP contribution in [0.1, 0.15) is 18.9 Å². The highest BCUT2D eigenvalue weighted by Gasteiger charge is 1.99. The second kappa shape index (κ2) is 6.89. The van der Waals surface area contributed by atoms with Gasteiger partial charge in [-0.1, -0.05) is 29.3 Å². The van der Waals surface area contributed by atoms with E-state index < -0.39 is 0 Å². The van der Waals surface area contributed by atoms with Gasteiger partial charge in [0.05, 0.1) is 10.0 Å². The molecule has 0 radical (unpaired) electrons. The molecule has 1 aromatic rings. The summed E-state index contributed by atoms with van der Waals surface area (Å²) in [5, 5.41) is 4.37. The number of ketones is 1. The summed E-state index contributed by atoms with van der Waals surface area (Å²) in [6.45, 7) is 3.17. The van der Waals surface area contributed by atoms with Gasteiger partial charge in [-0.05, 0) is 37.6 Å². The Morgan fingerprint density at radius 1 is 1.25 bits per heavy atom. The van der Waals surface area contributed by atoms with E-state index in [-0.39, 0.29) is 5.78 Å². The number of carbonyl (C=O) groups excluding carboxylic acids is 1. The van der Waals surface area contributed by atoms with Gasteiger partial charge in [-0.15, -0.1) is 0 Å². The van der Waals surface area contributed by atoms with Crippen molar-refractivity contribution < 1.29 is 4.79 Å². The van der Waals surface area contributed by atoms with Gasteiger partial charge >= 0.3 is 0 Å². The molecule has 0 unspecified atom stereocenters. The summed E-state index contributed by atoms with van der Waals surface area (Å²) in [6, 6.07) is 5.63. The predicted molar refractivity (Wildman–Crippen MR) is 68.3 cm³/mol. The van der Waals surface area contributed by atoms with Gasteiger partial charge in [0.15, 0.2) is 0 Å². The smallest absolute Gasteiger partial charge is 0.131 e. The van der Waals surface area contributed by atoms with Gasteiger partial charge in [-0.2, -0.15) is 0 Å². The first-order valence-corrected chi connectivity index (χ1v) is 5.99. The van der Waals surface area contributed by atoms with E-state index in [4.69, 9.17) is 23.2 Å². The number of halogens is 2. The highest BCUT2D eigenvalue weighted by molar-refractivity contribution is 6.42. The number of Topliss-reactive ketones (excluding diaryl/α,β-unsaturated/α-hetero) is 1. The van der Waals surface area contributed by atoms with Crippen LogP contribution >= 0.6 is 23.2 Å². The molecular weight excluding hydrogens is 245 g/mol. The molecule has 88 valence electrons. The van der Waals surface area contributed by atoms with Crippen molar-refractivity contribution in [1.82, 2.24) is 5.32 Å². The van der Waals surface area contributed by atoms with Gasteiger partial charge in [0.2, 0.25) is 0 Å². The predicted octanol–water partition coefficient (Wildman–Crippen LogP) is 3.10. The number of carbonyl (C=O) groups is 1.